The molecule has 0 spiro atoms. The van der Waals surface area contributed by atoms with Gasteiger partial charge in [0.15, 0.2) is 0 Å². The van der Waals surface area contributed by atoms with E-state index in [2.05, 4.69) is 4.90 Å². The van der Waals surface area contributed by atoms with E-state index >= 15 is 0 Å². The number of unbranched alkanes of at least 4 members (excludes halogenated alkanes) is 1. The highest BCUT2D eigenvalue weighted by molar-refractivity contribution is 6.21. The minimum Gasteiger partial charge on any atom is -0.395 e. The van der Waals surface area contributed by atoms with Crippen molar-refractivity contribution in [2.24, 2.45) is 0 Å². The van der Waals surface area contributed by atoms with E-state index in [9.17, 15) is 14.7 Å². The van der Waals surface area contributed by atoms with Gasteiger partial charge in [-0.2, -0.15) is 0 Å². The van der Waals surface area contributed by atoms with Gasteiger partial charge in [0.25, 0.3) is 11.8 Å². The summed E-state index contributed by atoms with van der Waals surface area (Å²) in [5, 5.41) is 9.30. The molecule has 0 bridgehead atoms. The Morgan fingerprint density at radius 3 is 2.32 bits per heavy atom. The molecule has 1 fully saturated rings. The number of likely N-dealkylation sites (tertiary alicyclic amines) is 1. The van der Waals surface area contributed by atoms with E-state index < -0.39 is 0 Å². The Morgan fingerprint density at radius 1 is 1.05 bits per heavy atom. The summed E-state index contributed by atoms with van der Waals surface area (Å²) in [6.07, 6.45) is 3.95. The molecule has 0 aromatic heterocycles. The molecule has 1 N–H and O–H groups in total. The zero-order valence-electron chi connectivity index (χ0n) is 12.7. The summed E-state index contributed by atoms with van der Waals surface area (Å²) >= 11 is 0. The number of benzene rings is 1. The molecule has 2 amide bonds. The molecule has 2 heterocycles. The van der Waals surface area contributed by atoms with Crippen molar-refractivity contribution >= 4 is 11.8 Å². The topological polar surface area (TPSA) is 60.9 Å². The number of rotatable bonds is 6. The van der Waals surface area contributed by atoms with Crippen LogP contribution in [0.4, 0.5) is 0 Å². The molecule has 0 unspecified atom stereocenters. The molecule has 3 rings (SSSR count). The normalized spacial score (nSPS) is 21.7. The van der Waals surface area contributed by atoms with Crippen LogP contribution < -0.4 is 0 Å². The second kappa shape index (κ2) is 6.58. The van der Waals surface area contributed by atoms with Crippen LogP contribution in [0, 0.1) is 0 Å². The van der Waals surface area contributed by atoms with Crippen molar-refractivity contribution < 1.29 is 14.7 Å². The fourth-order valence-corrected chi connectivity index (χ4v) is 3.42. The van der Waals surface area contributed by atoms with Crippen LogP contribution in [0.15, 0.2) is 24.3 Å². The molecule has 118 valence electrons. The molecule has 5 nitrogen and oxygen atoms in total. The van der Waals surface area contributed by atoms with Crippen molar-refractivity contribution in [2.45, 2.75) is 31.7 Å². The molecule has 5 heteroatoms. The first kappa shape index (κ1) is 15.2. The largest absolute Gasteiger partial charge is 0.395 e. The number of amides is 2. The quantitative estimate of drug-likeness (QED) is 0.639. The SMILES string of the molecule is O=C1c2ccccc2C(=O)N1CCCCN1CCC[C@@H]1CO. The molecule has 2 aliphatic heterocycles. The molecule has 22 heavy (non-hydrogen) atoms. The van der Waals surface area contributed by atoms with E-state index in [0.29, 0.717) is 23.7 Å². The van der Waals surface area contributed by atoms with Crippen molar-refractivity contribution in [3.63, 3.8) is 0 Å². The molecule has 0 aliphatic carbocycles. The minimum atomic E-state index is -0.171. The van der Waals surface area contributed by atoms with E-state index in [4.69, 9.17) is 0 Å². The van der Waals surface area contributed by atoms with Crippen molar-refractivity contribution in [1.29, 1.82) is 0 Å². The van der Waals surface area contributed by atoms with Gasteiger partial charge in [0, 0.05) is 12.6 Å². The summed E-state index contributed by atoms with van der Waals surface area (Å²) in [5.74, 6) is -0.343. The van der Waals surface area contributed by atoms with Crippen LogP contribution in [0.25, 0.3) is 0 Å². The first-order valence-electron chi connectivity index (χ1n) is 8.02. The highest BCUT2D eigenvalue weighted by Crippen LogP contribution is 2.23. The van der Waals surface area contributed by atoms with Crippen LogP contribution in [-0.4, -0.2) is 59.0 Å². The molecule has 1 atom stereocenters. The van der Waals surface area contributed by atoms with Gasteiger partial charge in [0.2, 0.25) is 0 Å². The van der Waals surface area contributed by atoms with Crippen LogP contribution in [0.2, 0.25) is 0 Å². The van der Waals surface area contributed by atoms with Crippen LogP contribution in [0.3, 0.4) is 0 Å². The second-order valence-electron chi connectivity index (χ2n) is 6.03. The van der Waals surface area contributed by atoms with Gasteiger partial charge in [-0.1, -0.05) is 12.1 Å². The monoisotopic (exact) mass is 302 g/mol. The van der Waals surface area contributed by atoms with Crippen LogP contribution in [0.1, 0.15) is 46.4 Å². The number of carbonyl (C=O) groups is 2. The first-order chi connectivity index (χ1) is 10.7. The molecule has 1 aromatic carbocycles. The molecule has 0 radical (unpaired) electrons. The fraction of sp³-hybridized carbons (Fsp3) is 0.529. The Hall–Kier alpha value is -1.72. The predicted octanol–water partition coefficient (Wildman–Crippen LogP) is 1.52. The third kappa shape index (κ3) is 2.78. The summed E-state index contributed by atoms with van der Waals surface area (Å²) < 4.78 is 0. The van der Waals surface area contributed by atoms with Crippen molar-refractivity contribution in [2.75, 3.05) is 26.2 Å². The third-order valence-electron chi connectivity index (χ3n) is 4.67. The maximum atomic E-state index is 12.2. The van der Waals surface area contributed by atoms with Crippen molar-refractivity contribution in [3.8, 4) is 0 Å². The molecular weight excluding hydrogens is 280 g/mol. The summed E-state index contributed by atoms with van der Waals surface area (Å²) in [7, 11) is 0. The Kier molecular flexibility index (Phi) is 4.55. The number of hydrogen-bond acceptors (Lipinski definition) is 4. The van der Waals surface area contributed by atoms with E-state index in [1.165, 1.54) is 4.90 Å². The number of carbonyl (C=O) groups excluding carboxylic acids is 2. The number of aliphatic hydroxyl groups excluding tert-OH is 1. The van der Waals surface area contributed by atoms with Gasteiger partial charge in [0.05, 0.1) is 17.7 Å². The lowest BCUT2D eigenvalue weighted by molar-refractivity contribution is 0.0649. The number of aliphatic hydroxyl groups is 1. The van der Waals surface area contributed by atoms with Crippen LogP contribution in [-0.2, 0) is 0 Å². The second-order valence-corrected chi connectivity index (χ2v) is 6.03. The predicted molar refractivity (Wildman–Crippen MR) is 82.7 cm³/mol. The number of nitrogens with zero attached hydrogens (tertiary/aromatic N) is 2. The van der Waals surface area contributed by atoms with Gasteiger partial charge in [0.1, 0.15) is 0 Å². The number of hydrogen-bond donors (Lipinski definition) is 1. The fourth-order valence-electron chi connectivity index (χ4n) is 3.42. The average molecular weight is 302 g/mol. The Morgan fingerprint density at radius 2 is 1.68 bits per heavy atom. The van der Waals surface area contributed by atoms with E-state index in [-0.39, 0.29) is 18.4 Å². The Labute approximate surface area is 130 Å². The molecule has 0 saturated carbocycles. The lowest BCUT2D eigenvalue weighted by Crippen LogP contribution is -2.34. The molecule has 1 saturated heterocycles. The molecule has 2 aliphatic rings. The Bertz CT molecular complexity index is 538. The standard InChI is InChI=1S/C17H22N2O3/c20-12-13-6-5-10-18(13)9-3-4-11-19-16(21)14-7-1-2-8-15(14)17(19)22/h1-2,7-8,13,20H,3-6,9-12H2/t13-/m1/s1. The van der Waals surface area contributed by atoms with Crippen molar-refractivity contribution in [1.82, 2.24) is 9.80 Å². The maximum Gasteiger partial charge on any atom is 0.261 e. The Balaban J connectivity index is 1.49. The van der Waals surface area contributed by atoms with Gasteiger partial charge in [-0.15, -0.1) is 0 Å². The van der Waals surface area contributed by atoms with Gasteiger partial charge in [-0.3, -0.25) is 19.4 Å². The zero-order valence-corrected chi connectivity index (χ0v) is 12.7. The van der Waals surface area contributed by atoms with E-state index in [0.717, 1.165) is 38.8 Å². The number of fused-ring (bicyclic) bond motifs is 1. The summed E-state index contributed by atoms with van der Waals surface area (Å²) in [6, 6.07) is 7.29. The zero-order chi connectivity index (χ0) is 15.5. The lowest BCUT2D eigenvalue weighted by atomic mass is 10.1. The number of imide groups is 1. The maximum absolute atomic E-state index is 12.2. The highest BCUT2D eigenvalue weighted by atomic mass is 16.3. The van der Waals surface area contributed by atoms with E-state index in [1.807, 2.05) is 0 Å². The first-order valence-corrected chi connectivity index (χ1v) is 8.02. The smallest absolute Gasteiger partial charge is 0.261 e. The van der Waals surface area contributed by atoms with Crippen molar-refractivity contribution in [3.05, 3.63) is 35.4 Å². The van der Waals surface area contributed by atoms with Gasteiger partial charge in [-0.05, 0) is 50.9 Å². The van der Waals surface area contributed by atoms with Crippen LogP contribution >= 0.6 is 0 Å². The summed E-state index contributed by atoms with van der Waals surface area (Å²) in [5.41, 5.74) is 1.04. The van der Waals surface area contributed by atoms with Gasteiger partial charge >= 0.3 is 0 Å². The molecular formula is C17H22N2O3. The molecule has 1 aromatic rings. The van der Waals surface area contributed by atoms with E-state index in [1.54, 1.807) is 24.3 Å². The summed E-state index contributed by atoms with van der Waals surface area (Å²) in [4.78, 5) is 28.1. The third-order valence-corrected chi connectivity index (χ3v) is 4.67. The summed E-state index contributed by atoms with van der Waals surface area (Å²) in [6.45, 7) is 2.66. The lowest BCUT2D eigenvalue weighted by Gasteiger charge is -2.22. The van der Waals surface area contributed by atoms with Gasteiger partial charge < -0.3 is 5.11 Å². The van der Waals surface area contributed by atoms with Crippen LogP contribution in [0.5, 0.6) is 0 Å². The highest BCUT2D eigenvalue weighted by Gasteiger charge is 2.34. The minimum absolute atomic E-state index is 0.171. The average Bonchev–Trinajstić information content (AvgIpc) is 3.09. The van der Waals surface area contributed by atoms with Gasteiger partial charge in [-0.25, -0.2) is 0 Å².